The number of benzene rings is 2. The first-order valence-corrected chi connectivity index (χ1v) is 9.16. The van der Waals surface area contributed by atoms with Crippen LogP contribution in [0.1, 0.15) is 27.8 Å². The van der Waals surface area contributed by atoms with Crippen LogP contribution < -0.4 is 0 Å². The fourth-order valence-corrected chi connectivity index (χ4v) is 3.90. The van der Waals surface area contributed by atoms with Crippen LogP contribution in [0.4, 0.5) is 0 Å². The molecule has 0 radical (unpaired) electrons. The lowest BCUT2D eigenvalue weighted by Crippen LogP contribution is -2.11. The smallest absolute Gasteiger partial charge is 0.220 e. The monoisotopic (exact) mass is 368 g/mol. The van der Waals surface area contributed by atoms with Gasteiger partial charge in [-0.15, -0.1) is 10.2 Å². The van der Waals surface area contributed by atoms with Gasteiger partial charge < -0.3 is 0 Å². The van der Waals surface area contributed by atoms with Gasteiger partial charge in [-0.05, 0) is 49.6 Å². The highest BCUT2D eigenvalue weighted by Gasteiger charge is 2.23. The van der Waals surface area contributed by atoms with Crippen LogP contribution in [0.5, 0.6) is 0 Å². The molecule has 2 aromatic carbocycles. The van der Waals surface area contributed by atoms with Crippen LogP contribution in [0.3, 0.4) is 0 Å². The minimum absolute atomic E-state index is 0.173. The molecule has 0 fully saturated rings. The Morgan fingerprint density at radius 3 is 2.46 bits per heavy atom. The summed E-state index contributed by atoms with van der Waals surface area (Å²) in [4.78, 5) is 10.9. The van der Waals surface area contributed by atoms with E-state index in [0.29, 0.717) is 5.16 Å². The molecule has 0 aliphatic carbocycles. The normalized spacial score (nSPS) is 12.1. The molecule has 0 spiro atoms. The van der Waals surface area contributed by atoms with E-state index in [1.807, 2.05) is 47.9 Å². The lowest BCUT2D eigenvalue weighted by Gasteiger charge is -2.15. The standard InChI is InChI=1S/C19H20N4O2S/c1-13-9-10-17(11-14(13)2)23-15(3)20-21-19(23)26-18(12-22(24)25)16-7-5-4-6-8-16/h4-11,18H,12H2,1-3H3/t18-/m0/s1. The number of rotatable bonds is 6. The largest absolute Gasteiger partial charge is 0.274 e. The molecule has 1 aromatic heterocycles. The maximum absolute atomic E-state index is 11.2. The van der Waals surface area contributed by atoms with Gasteiger partial charge >= 0.3 is 0 Å². The topological polar surface area (TPSA) is 73.8 Å². The second-order valence-corrected chi connectivity index (χ2v) is 7.34. The van der Waals surface area contributed by atoms with Crippen LogP contribution in [-0.2, 0) is 0 Å². The molecule has 1 atom stereocenters. The van der Waals surface area contributed by atoms with Crippen molar-refractivity contribution in [2.75, 3.05) is 6.54 Å². The summed E-state index contributed by atoms with van der Waals surface area (Å²) in [5, 5.41) is 19.9. The maximum Gasteiger partial charge on any atom is 0.220 e. The molecule has 0 amide bonds. The molecule has 0 bridgehead atoms. The van der Waals surface area contributed by atoms with Crippen molar-refractivity contribution in [1.82, 2.24) is 14.8 Å². The predicted molar refractivity (Wildman–Crippen MR) is 102 cm³/mol. The van der Waals surface area contributed by atoms with Crippen molar-refractivity contribution in [3.8, 4) is 5.69 Å². The van der Waals surface area contributed by atoms with Gasteiger partial charge in [0.2, 0.25) is 6.54 Å². The van der Waals surface area contributed by atoms with Crippen LogP contribution >= 0.6 is 11.8 Å². The fraction of sp³-hybridized carbons (Fsp3) is 0.263. The molecular weight excluding hydrogens is 348 g/mol. The van der Waals surface area contributed by atoms with E-state index in [0.717, 1.165) is 17.1 Å². The number of aromatic nitrogens is 3. The highest BCUT2D eigenvalue weighted by atomic mass is 32.2. The molecule has 0 N–H and O–H groups in total. The molecule has 1 heterocycles. The SMILES string of the molecule is Cc1ccc(-n2c(C)nnc2S[C@@H](C[N+](=O)[O-])c2ccccc2)cc1C. The van der Waals surface area contributed by atoms with Crippen molar-refractivity contribution >= 4 is 11.8 Å². The van der Waals surface area contributed by atoms with E-state index < -0.39 is 0 Å². The molecule has 0 saturated carbocycles. The Balaban J connectivity index is 1.98. The lowest BCUT2D eigenvalue weighted by atomic mass is 10.1. The summed E-state index contributed by atoms with van der Waals surface area (Å²) in [5.41, 5.74) is 4.26. The van der Waals surface area contributed by atoms with E-state index in [9.17, 15) is 10.1 Å². The second-order valence-electron chi connectivity index (χ2n) is 6.17. The second kappa shape index (κ2) is 7.70. The lowest BCUT2D eigenvalue weighted by molar-refractivity contribution is -0.479. The molecule has 3 aromatic rings. The number of hydrogen-bond acceptors (Lipinski definition) is 5. The molecule has 134 valence electrons. The molecule has 26 heavy (non-hydrogen) atoms. The van der Waals surface area contributed by atoms with Gasteiger partial charge in [-0.3, -0.25) is 14.7 Å². The molecule has 0 saturated heterocycles. The zero-order valence-corrected chi connectivity index (χ0v) is 15.7. The third kappa shape index (κ3) is 3.94. The highest BCUT2D eigenvalue weighted by Crippen LogP contribution is 2.36. The van der Waals surface area contributed by atoms with E-state index in [2.05, 4.69) is 36.2 Å². The van der Waals surface area contributed by atoms with Crippen molar-refractivity contribution in [1.29, 1.82) is 0 Å². The van der Waals surface area contributed by atoms with E-state index in [-0.39, 0.29) is 16.7 Å². The van der Waals surface area contributed by atoms with Crippen molar-refractivity contribution in [2.45, 2.75) is 31.2 Å². The van der Waals surface area contributed by atoms with Gasteiger partial charge in [-0.1, -0.05) is 48.2 Å². The zero-order valence-electron chi connectivity index (χ0n) is 14.9. The number of aryl methyl sites for hydroxylation is 3. The first kappa shape index (κ1) is 18.1. The Hall–Kier alpha value is -2.67. The quantitative estimate of drug-likeness (QED) is 0.368. The number of nitro groups is 1. The third-order valence-corrected chi connectivity index (χ3v) is 5.46. The van der Waals surface area contributed by atoms with E-state index in [1.54, 1.807) is 0 Å². The molecule has 3 rings (SSSR count). The molecule has 0 aliphatic heterocycles. The summed E-state index contributed by atoms with van der Waals surface area (Å²) in [6.07, 6.45) is 0. The van der Waals surface area contributed by atoms with Gasteiger partial charge in [0.1, 0.15) is 11.1 Å². The van der Waals surface area contributed by atoms with Gasteiger partial charge in [0, 0.05) is 10.6 Å². The van der Waals surface area contributed by atoms with Crippen LogP contribution in [-0.4, -0.2) is 26.2 Å². The minimum atomic E-state index is -0.333. The number of hydrogen-bond donors (Lipinski definition) is 0. The summed E-state index contributed by atoms with van der Waals surface area (Å²) in [5.74, 6) is 0.753. The van der Waals surface area contributed by atoms with Crippen LogP contribution in [0, 0.1) is 30.9 Å². The van der Waals surface area contributed by atoms with Gasteiger partial charge in [0.25, 0.3) is 0 Å². The Kier molecular flexibility index (Phi) is 5.37. The first-order valence-electron chi connectivity index (χ1n) is 8.28. The molecule has 0 unspecified atom stereocenters. The van der Waals surface area contributed by atoms with E-state index in [1.165, 1.54) is 22.9 Å². The first-order chi connectivity index (χ1) is 12.5. The fourth-order valence-electron chi connectivity index (χ4n) is 2.72. The summed E-state index contributed by atoms with van der Waals surface area (Å²) < 4.78 is 1.95. The molecular formula is C19H20N4O2S. The van der Waals surface area contributed by atoms with Gasteiger partial charge in [-0.25, -0.2) is 0 Å². The Morgan fingerprint density at radius 2 is 1.81 bits per heavy atom. The zero-order chi connectivity index (χ0) is 18.7. The Bertz CT molecular complexity index is 925. The van der Waals surface area contributed by atoms with Gasteiger partial charge in [0.05, 0.1) is 0 Å². The van der Waals surface area contributed by atoms with Crippen LogP contribution in [0.2, 0.25) is 0 Å². The molecule has 6 nitrogen and oxygen atoms in total. The van der Waals surface area contributed by atoms with Crippen molar-refractivity contribution < 1.29 is 4.92 Å². The molecule has 7 heteroatoms. The average Bonchev–Trinajstić information content (AvgIpc) is 2.98. The Morgan fingerprint density at radius 1 is 1.08 bits per heavy atom. The third-order valence-electron chi connectivity index (χ3n) is 4.28. The predicted octanol–water partition coefficient (Wildman–Crippen LogP) is 4.30. The van der Waals surface area contributed by atoms with Crippen LogP contribution in [0.15, 0.2) is 53.7 Å². The highest BCUT2D eigenvalue weighted by molar-refractivity contribution is 7.99. The van der Waals surface area contributed by atoms with E-state index in [4.69, 9.17) is 0 Å². The minimum Gasteiger partial charge on any atom is -0.274 e. The number of nitrogens with zero attached hydrogens (tertiary/aromatic N) is 4. The van der Waals surface area contributed by atoms with Gasteiger partial charge in [0.15, 0.2) is 5.16 Å². The maximum atomic E-state index is 11.2. The van der Waals surface area contributed by atoms with Crippen molar-refractivity contribution in [3.63, 3.8) is 0 Å². The van der Waals surface area contributed by atoms with Crippen molar-refractivity contribution in [3.05, 3.63) is 81.2 Å². The van der Waals surface area contributed by atoms with E-state index >= 15 is 0 Å². The molecule has 0 aliphatic rings. The average molecular weight is 368 g/mol. The summed E-state index contributed by atoms with van der Waals surface area (Å²) in [6, 6.07) is 15.7. The summed E-state index contributed by atoms with van der Waals surface area (Å²) in [7, 11) is 0. The summed E-state index contributed by atoms with van der Waals surface area (Å²) in [6.45, 7) is 5.84. The number of thioether (sulfide) groups is 1. The van der Waals surface area contributed by atoms with Gasteiger partial charge in [-0.2, -0.15) is 0 Å². The van der Waals surface area contributed by atoms with Crippen LogP contribution in [0.25, 0.3) is 5.69 Å². The summed E-state index contributed by atoms with van der Waals surface area (Å²) >= 11 is 1.37. The van der Waals surface area contributed by atoms with Crippen molar-refractivity contribution in [2.24, 2.45) is 0 Å². The Labute approximate surface area is 156 Å².